The molecule has 1 aromatic heterocycles. The molecule has 4 nitrogen and oxygen atoms in total. The van der Waals surface area contributed by atoms with Crippen LogP contribution in [0.3, 0.4) is 0 Å². The molecule has 0 fully saturated rings. The summed E-state index contributed by atoms with van der Waals surface area (Å²) >= 11 is 0. The molecule has 1 aliphatic rings. The van der Waals surface area contributed by atoms with Gasteiger partial charge in [0.1, 0.15) is 5.82 Å². The molecule has 0 aliphatic carbocycles. The van der Waals surface area contributed by atoms with Crippen LogP contribution < -0.4 is 5.32 Å². The average Bonchev–Trinajstić information content (AvgIpc) is 3.05. The van der Waals surface area contributed by atoms with Crippen molar-refractivity contribution in [3.63, 3.8) is 0 Å². The number of nitrogens with one attached hydrogen (secondary N) is 2. The highest BCUT2D eigenvalue weighted by atomic mass is 19.1. The van der Waals surface area contributed by atoms with E-state index < -0.39 is 0 Å². The van der Waals surface area contributed by atoms with E-state index in [-0.39, 0.29) is 11.8 Å². The summed E-state index contributed by atoms with van der Waals surface area (Å²) in [5.74, 6) is -0.242. The Morgan fingerprint density at radius 1 is 1.16 bits per heavy atom. The first-order valence-electron chi connectivity index (χ1n) is 8.28. The Bertz CT molecular complexity index is 946. The summed E-state index contributed by atoms with van der Waals surface area (Å²) in [6.45, 7) is 1.17. The van der Waals surface area contributed by atoms with Crippen LogP contribution in [0.15, 0.2) is 60.8 Å². The van der Waals surface area contributed by atoms with Crippen molar-refractivity contribution in [2.75, 3.05) is 18.4 Å². The predicted molar refractivity (Wildman–Crippen MR) is 97.9 cm³/mol. The second kappa shape index (κ2) is 6.43. The Hall–Kier alpha value is -3.08. The largest absolute Gasteiger partial charge is 0.361 e. The molecule has 0 unspecified atom stereocenters. The van der Waals surface area contributed by atoms with Gasteiger partial charge in [-0.3, -0.25) is 0 Å². The number of fused-ring (bicyclic) bond motifs is 1. The van der Waals surface area contributed by atoms with E-state index in [0.717, 1.165) is 34.1 Å². The molecule has 2 aromatic carbocycles. The van der Waals surface area contributed by atoms with Crippen LogP contribution >= 0.6 is 0 Å². The first kappa shape index (κ1) is 15.4. The van der Waals surface area contributed by atoms with Gasteiger partial charge >= 0.3 is 6.03 Å². The number of benzene rings is 2. The molecule has 3 aromatic rings. The van der Waals surface area contributed by atoms with E-state index in [1.807, 2.05) is 42.6 Å². The van der Waals surface area contributed by atoms with Gasteiger partial charge in [-0.1, -0.05) is 24.3 Å². The quantitative estimate of drug-likeness (QED) is 0.705. The summed E-state index contributed by atoms with van der Waals surface area (Å²) in [6, 6.07) is 14.1. The Labute approximate surface area is 145 Å². The third kappa shape index (κ3) is 3.13. The topological polar surface area (TPSA) is 48.1 Å². The number of amides is 2. The van der Waals surface area contributed by atoms with E-state index in [4.69, 9.17) is 0 Å². The van der Waals surface area contributed by atoms with E-state index >= 15 is 0 Å². The number of carbonyl (C=O) groups is 1. The molecule has 5 heteroatoms. The van der Waals surface area contributed by atoms with Gasteiger partial charge in [-0.25, -0.2) is 9.18 Å². The number of hydrogen-bond acceptors (Lipinski definition) is 1. The van der Waals surface area contributed by atoms with Gasteiger partial charge in [0.05, 0.1) is 0 Å². The van der Waals surface area contributed by atoms with Crippen molar-refractivity contribution in [3.8, 4) is 0 Å². The summed E-state index contributed by atoms with van der Waals surface area (Å²) in [5.41, 5.74) is 3.86. The molecule has 0 saturated heterocycles. The highest BCUT2D eigenvalue weighted by Crippen LogP contribution is 2.29. The van der Waals surface area contributed by atoms with Gasteiger partial charge in [-0.15, -0.1) is 0 Å². The molecule has 1 aliphatic heterocycles. The Morgan fingerprint density at radius 3 is 2.76 bits per heavy atom. The summed E-state index contributed by atoms with van der Waals surface area (Å²) in [6.07, 6.45) is 4.70. The third-order valence-electron chi connectivity index (χ3n) is 4.51. The summed E-state index contributed by atoms with van der Waals surface area (Å²) in [7, 11) is 0. The van der Waals surface area contributed by atoms with Gasteiger partial charge < -0.3 is 15.2 Å². The minimum atomic E-state index is -0.242. The number of urea groups is 1. The second-order valence-corrected chi connectivity index (χ2v) is 6.11. The zero-order chi connectivity index (χ0) is 17.2. The number of H-pyrrole nitrogens is 1. The highest BCUT2D eigenvalue weighted by molar-refractivity contribution is 5.94. The van der Waals surface area contributed by atoms with E-state index in [2.05, 4.69) is 10.3 Å². The second-order valence-electron chi connectivity index (χ2n) is 6.11. The smallest absolute Gasteiger partial charge is 0.322 e. The Balaban J connectivity index is 1.50. The fourth-order valence-corrected chi connectivity index (χ4v) is 3.18. The van der Waals surface area contributed by atoms with Crippen LogP contribution in [0.1, 0.15) is 12.0 Å². The molecular formula is C20H18FN3O. The van der Waals surface area contributed by atoms with E-state index in [9.17, 15) is 9.18 Å². The SMILES string of the molecule is O=C(Nc1ccccc1)N1CC=C(c2c[nH]c3ccc(F)cc23)CC1. The maximum atomic E-state index is 13.5. The van der Waals surface area contributed by atoms with Gasteiger partial charge in [0.15, 0.2) is 0 Å². The van der Waals surface area contributed by atoms with Crippen LogP contribution in [0.4, 0.5) is 14.9 Å². The molecule has 0 radical (unpaired) electrons. The number of aromatic amines is 1. The molecule has 2 amide bonds. The van der Waals surface area contributed by atoms with Gasteiger partial charge in [-0.2, -0.15) is 0 Å². The minimum Gasteiger partial charge on any atom is -0.361 e. The number of anilines is 1. The van der Waals surface area contributed by atoms with Crippen LogP contribution in [0.5, 0.6) is 0 Å². The monoisotopic (exact) mass is 335 g/mol. The van der Waals surface area contributed by atoms with Crippen LogP contribution in [0.25, 0.3) is 16.5 Å². The van der Waals surface area contributed by atoms with E-state index in [1.54, 1.807) is 17.0 Å². The molecule has 0 spiro atoms. The lowest BCUT2D eigenvalue weighted by atomic mass is 9.99. The van der Waals surface area contributed by atoms with Gasteiger partial charge in [0.25, 0.3) is 0 Å². The number of hydrogen-bond donors (Lipinski definition) is 2. The van der Waals surface area contributed by atoms with Crippen LogP contribution in [0, 0.1) is 5.82 Å². The average molecular weight is 335 g/mol. The minimum absolute atomic E-state index is 0.105. The van der Waals surface area contributed by atoms with Crippen molar-refractivity contribution in [3.05, 3.63) is 72.2 Å². The lowest BCUT2D eigenvalue weighted by Gasteiger charge is -2.26. The fraction of sp³-hybridized carbons (Fsp3) is 0.150. The van der Waals surface area contributed by atoms with Crippen molar-refractivity contribution in [2.45, 2.75) is 6.42 Å². The summed E-state index contributed by atoms with van der Waals surface area (Å²) in [5, 5.41) is 3.78. The van der Waals surface area contributed by atoms with Crippen molar-refractivity contribution < 1.29 is 9.18 Å². The van der Waals surface area contributed by atoms with E-state index in [0.29, 0.717) is 13.1 Å². The van der Waals surface area contributed by atoms with Crippen molar-refractivity contribution in [1.82, 2.24) is 9.88 Å². The third-order valence-corrected chi connectivity index (χ3v) is 4.51. The lowest BCUT2D eigenvalue weighted by molar-refractivity contribution is 0.217. The number of nitrogens with zero attached hydrogens (tertiary/aromatic N) is 1. The molecule has 0 atom stereocenters. The maximum Gasteiger partial charge on any atom is 0.322 e. The van der Waals surface area contributed by atoms with E-state index in [1.165, 1.54) is 6.07 Å². The van der Waals surface area contributed by atoms with Gasteiger partial charge in [-0.05, 0) is 42.3 Å². The summed E-state index contributed by atoms with van der Waals surface area (Å²) < 4.78 is 13.5. The molecule has 2 N–H and O–H groups in total. The lowest BCUT2D eigenvalue weighted by Crippen LogP contribution is -2.37. The fourth-order valence-electron chi connectivity index (χ4n) is 3.18. The number of para-hydroxylation sites is 1. The van der Waals surface area contributed by atoms with Crippen LogP contribution in [-0.2, 0) is 0 Å². The summed E-state index contributed by atoms with van der Waals surface area (Å²) in [4.78, 5) is 17.3. The molecule has 126 valence electrons. The molecular weight excluding hydrogens is 317 g/mol. The zero-order valence-electron chi connectivity index (χ0n) is 13.6. The molecule has 2 heterocycles. The Morgan fingerprint density at radius 2 is 2.00 bits per heavy atom. The Kier molecular flexibility index (Phi) is 3.98. The molecule has 4 rings (SSSR count). The number of rotatable bonds is 2. The van der Waals surface area contributed by atoms with Crippen molar-refractivity contribution in [1.29, 1.82) is 0 Å². The predicted octanol–water partition coefficient (Wildman–Crippen LogP) is 4.63. The normalized spacial score (nSPS) is 14.4. The molecule has 0 bridgehead atoms. The number of aromatic nitrogens is 1. The van der Waals surface area contributed by atoms with Gasteiger partial charge in [0.2, 0.25) is 0 Å². The van der Waals surface area contributed by atoms with Crippen molar-refractivity contribution >= 4 is 28.2 Å². The maximum absolute atomic E-state index is 13.5. The van der Waals surface area contributed by atoms with Crippen LogP contribution in [0.2, 0.25) is 0 Å². The zero-order valence-corrected chi connectivity index (χ0v) is 13.6. The first-order chi connectivity index (χ1) is 12.2. The van der Waals surface area contributed by atoms with Crippen LogP contribution in [-0.4, -0.2) is 29.0 Å². The van der Waals surface area contributed by atoms with Gasteiger partial charge in [0, 0.05) is 41.4 Å². The standard InChI is InChI=1S/C20H18FN3O/c21-15-6-7-19-17(12-15)18(13-22-19)14-8-10-24(11-9-14)20(25)23-16-4-2-1-3-5-16/h1-8,12-13,22H,9-11H2,(H,23,25). The van der Waals surface area contributed by atoms with Crippen molar-refractivity contribution in [2.24, 2.45) is 0 Å². The number of carbonyl (C=O) groups excluding carboxylic acids is 1. The molecule has 0 saturated carbocycles. The first-order valence-corrected chi connectivity index (χ1v) is 8.28. The number of halogens is 1. The highest BCUT2D eigenvalue weighted by Gasteiger charge is 2.19. The molecule has 25 heavy (non-hydrogen) atoms.